The number of allylic oxidation sites excluding steroid dienone is 2. The first kappa shape index (κ1) is 40.6. The molecule has 0 aliphatic carbocycles. The van der Waals surface area contributed by atoms with Gasteiger partial charge in [-0.25, -0.2) is 0 Å². The van der Waals surface area contributed by atoms with Crippen LogP contribution < -0.4 is 30.4 Å². The summed E-state index contributed by atoms with van der Waals surface area (Å²) in [6, 6.07) is 30.5. The van der Waals surface area contributed by atoms with Gasteiger partial charge < -0.3 is 30.4 Å². The molecule has 0 amide bonds. The fraction of sp³-hybridized carbons (Fsp3) is 0.231. The summed E-state index contributed by atoms with van der Waals surface area (Å²) in [4.78, 5) is 25.3. The lowest BCUT2D eigenvalue weighted by Crippen LogP contribution is -2.07. The molecule has 10 heteroatoms. The molecule has 0 heterocycles. The van der Waals surface area contributed by atoms with Gasteiger partial charge in [0.25, 0.3) is 0 Å². The molecule has 4 aromatic rings. The highest BCUT2D eigenvalue weighted by atomic mass is 35.5. The van der Waals surface area contributed by atoms with Crippen molar-refractivity contribution in [2.45, 2.75) is 32.5 Å². The van der Waals surface area contributed by atoms with Crippen LogP contribution in [0, 0.1) is 0 Å². The molecule has 0 saturated heterocycles. The highest BCUT2D eigenvalue weighted by molar-refractivity contribution is 6.10. The molecule has 0 unspecified atom stereocenters. The van der Waals surface area contributed by atoms with E-state index in [0.29, 0.717) is 62.5 Å². The predicted octanol–water partition coefficient (Wildman–Crippen LogP) is 7.40. The second-order valence-corrected chi connectivity index (χ2v) is 10.7. The maximum Gasteiger partial charge on any atom is 0.163 e. The van der Waals surface area contributed by atoms with Gasteiger partial charge in [0.2, 0.25) is 0 Å². The molecule has 8 nitrogen and oxygen atoms in total. The molecule has 0 aliphatic rings. The van der Waals surface area contributed by atoms with Crippen LogP contribution >= 0.6 is 24.8 Å². The summed E-state index contributed by atoms with van der Waals surface area (Å²) in [6.45, 7) is 2.72. The maximum absolute atomic E-state index is 12.7. The molecule has 4 N–H and O–H groups in total. The molecular formula is C39H44Cl2N2O6. The molecule has 49 heavy (non-hydrogen) atoms. The highest BCUT2D eigenvalue weighted by Gasteiger charge is 2.10. The smallest absolute Gasteiger partial charge is 0.163 e. The normalized spacial score (nSPS) is 10.7. The lowest BCUT2D eigenvalue weighted by atomic mass is 10.1. The van der Waals surface area contributed by atoms with Crippen LogP contribution in [0.3, 0.4) is 0 Å². The third-order valence-corrected chi connectivity index (χ3v) is 6.89. The lowest BCUT2D eigenvalue weighted by Gasteiger charge is -2.13. The van der Waals surface area contributed by atoms with Crippen molar-refractivity contribution < 1.29 is 28.5 Å². The van der Waals surface area contributed by atoms with Crippen molar-refractivity contribution in [3.63, 3.8) is 0 Å². The van der Waals surface area contributed by atoms with Gasteiger partial charge in [-0.05, 0) is 84.6 Å². The van der Waals surface area contributed by atoms with Gasteiger partial charge in [-0.1, -0.05) is 84.9 Å². The number of benzene rings is 4. The summed E-state index contributed by atoms with van der Waals surface area (Å²) in [7, 11) is 0. The predicted molar refractivity (Wildman–Crippen MR) is 200 cm³/mol. The SMILES string of the molecule is Cl.Cl.NCCCOc1ccc(/C=C/C(=O)CC(=O)/C=C/c2ccc(OCCCN)c(OCc3ccccc3)c2)cc1OCc1ccccc1. The molecule has 0 radical (unpaired) electrons. The van der Waals surface area contributed by atoms with Gasteiger partial charge in [-0.2, -0.15) is 0 Å². The molecule has 0 spiro atoms. The largest absolute Gasteiger partial charge is 0.490 e. The minimum absolute atomic E-state index is 0. The quantitative estimate of drug-likeness (QED) is 0.0554. The minimum Gasteiger partial charge on any atom is -0.490 e. The van der Waals surface area contributed by atoms with E-state index in [1.165, 1.54) is 12.2 Å². The van der Waals surface area contributed by atoms with E-state index >= 15 is 0 Å². The second kappa shape index (κ2) is 22.9. The van der Waals surface area contributed by atoms with E-state index in [4.69, 9.17) is 30.4 Å². The molecule has 4 rings (SSSR count). The zero-order chi connectivity index (χ0) is 33.1. The number of rotatable bonds is 20. The monoisotopic (exact) mass is 706 g/mol. The summed E-state index contributed by atoms with van der Waals surface area (Å²) in [5.74, 6) is 1.68. The van der Waals surface area contributed by atoms with Crippen molar-refractivity contribution in [3.05, 3.63) is 131 Å². The first-order chi connectivity index (χ1) is 23.0. The van der Waals surface area contributed by atoms with E-state index in [2.05, 4.69) is 0 Å². The second-order valence-electron chi connectivity index (χ2n) is 10.7. The number of hydrogen-bond acceptors (Lipinski definition) is 8. The Labute approximate surface area is 300 Å². The topological polar surface area (TPSA) is 123 Å². The summed E-state index contributed by atoms with van der Waals surface area (Å²) < 4.78 is 23.8. The van der Waals surface area contributed by atoms with E-state index in [-0.39, 0.29) is 42.8 Å². The Morgan fingerprint density at radius 1 is 0.531 bits per heavy atom. The van der Waals surface area contributed by atoms with Crippen molar-refractivity contribution in [1.29, 1.82) is 0 Å². The van der Waals surface area contributed by atoms with Gasteiger partial charge in [-0.3, -0.25) is 9.59 Å². The minimum atomic E-state index is -0.315. The standard InChI is InChI=1S/C39H42N2O6.2ClH/c40-21-7-23-44-36-19-15-30(25-38(36)46-28-32-9-3-1-4-10-32)13-17-34(42)27-35(43)18-14-31-16-20-37(45-24-8-22-41)39(26-31)47-29-33-11-5-2-6-12-33;;/h1-6,9-20,25-26H,7-8,21-24,27-29,40-41H2;2*1H/b17-13+,18-14+;;. The number of nitrogens with two attached hydrogens (primary N) is 2. The van der Waals surface area contributed by atoms with Crippen molar-refractivity contribution in [3.8, 4) is 23.0 Å². The average molecular weight is 708 g/mol. The lowest BCUT2D eigenvalue weighted by molar-refractivity contribution is -0.121. The van der Waals surface area contributed by atoms with Crippen LogP contribution in [-0.4, -0.2) is 37.9 Å². The molecule has 260 valence electrons. The summed E-state index contributed by atoms with van der Waals surface area (Å²) in [5, 5.41) is 0. The molecule has 4 aromatic carbocycles. The Morgan fingerprint density at radius 2 is 0.939 bits per heavy atom. The molecule has 0 aromatic heterocycles. The van der Waals surface area contributed by atoms with E-state index in [0.717, 1.165) is 35.1 Å². The first-order valence-corrected chi connectivity index (χ1v) is 15.7. The van der Waals surface area contributed by atoms with Gasteiger partial charge in [0.1, 0.15) is 13.2 Å². The summed E-state index contributed by atoms with van der Waals surface area (Å²) in [5.41, 5.74) is 14.7. The van der Waals surface area contributed by atoms with Crippen LogP contribution in [0.2, 0.25) is 0 Å². The van der Waals surface area contributed by atoms with Crippen molar-refractivity contribution in [2.75, 3.05) is 26.3 Å². The molecule has 0 atom stereocenters. The summed E-state index contributed by atoms with van der Waals surface area (Å²) >= 11 is 0. The van der Waals surface area contributed by atoms with Gasteiger partial charge in [0, 0.05) is 0 Å². The number of hydrogen-bond donors (Lipinski definition) is 2. The van der Waals surface area contributed by atoms with Crippen LogP contribution in [0.15, 0.2) is 109 Å². The van der Waals surface area contributed by atoms with Crippen molar-refractivity contribution >= 4 is 48.5 Å². The van der Waals surface area contributed by atoms with E-state index in [9.17, 15) is 9.59 Å². The Kier molecular flexibility index (Phi) is 18.9. The molecule has 0 saturated carbocycles. The summed E-state index contributed by atoms with van der Waals surface area (Å²) in [6.07, 6.45) is 7.31. The van der Waals surface area contributed by atoms with Crippen LogP contribution in [-0.2, 0) is 22.8 Å². The molecule has 0 aliphatic heterocycles. The highest BCUT2D eigenvalue weighted by Crippen LogP contribution is 2.31. The molecule has 0 fully saturated rings. The fourth-order valence-electron chi connectivity index (χ4n) is 4.39. The van der Waals surface area contributed by atoms with Gasteiger partial charge in [-0.15, -0.1) is 24.8 Å². The van der Waals surface area contributed by atoms with Gasteiger partial charge >= 0.3 is 0 Å². The van der Waals surface area contributed by atoms with E-state index in [1.807, 2.05) is 84.9 Å². The zero-order valence-electron chi connectivity index (χ0n) is 27.3. The van der Waals surface area contributed by atoms with Crippen LogP contribution in [0.5, 0.6) is 23.0 Å². The number of carbonyl (C=O) groups is 2. The number of halogens is 2. The Bertz CT molecular complexity index is 1510. The van der Waals surface area contributed by atoms with E-state index < -0.39 is 0 Å². The fourth-order valence-corrected chi connectivity index (χ4v) is 4.39. The number of ether oxygens (including phenoxy) is 4. The molecular weight excluding hydrogens is 663 g/mol. The van der Waals surface area contributed by atoms with Gasteiger partial charge in [0.05, 0.1) is 19.6 Å². The van der Waals surface area contributed by atoms with Crippen LogP contribution in [0.4, 0.5) is 0 Å². The zero-order valence-corrected chi connectivity index (χ0v) is 29.0. The van der Waals surface area contributed by atoms with Gasteiger partial charge in [0.15, 0.2) is 34.6 Å². The Hall–Kier alpha value is -4.60. The number of carbonyl (C=O) groups excluding carboxylic acids is 2. The maximum atomic E-state index is 12.7. The number of ketones is 2. The van der Waals surface area contributed by atoms with Crippen LogP contribution in [0.25, 0.3) is 12.2 Å². The van der Waals surface area contributed by atoms with Crippen molar-refractivity contribution in [2.24, 2.45) is 11.5 Å². The third-order valence-electron chi connectivity index (χ3n) is 6.89. The average Bonchev–Trinajstić information content (AvgIpc) is 3.10. The van der Waals surface area contributed by atoms with Crippen LogP contribution in [0.1, 0.15) is 41.5 Å². The third kappa shape index (κ3) is 14.6. The Balaban J connectivity index is 0.00000417. The van der Waals surface area contributed by atoms with Crippen molar-refractivity contribution in [1.82, 2.24) is 0 Å². The first-order valence-electron chi connectivity index (χ1n) is 15.7. The Morgan fingerprint density at radius 3 is 1.33 bits per heavy atom. The van der Waals surface area contributed by atoms with E-state index in [1.54, 1.807) is 24.3 Å². The molecule has 0 bridgehead atoms.